The van der Waals surface area contributed by atoms with Gasteiger partial charge in [-0.2, -0.15) is 43.3 Å². The smallest absolute Gasteiger partial charge is 0.359 e. The molecule has 0 radical (unpaired) electrons. The number of sulfonamides is 7. The van der Waals surface area contributed by atoms with Gasteiger partial charge in [0.2, 0.25) is 70.2 Å². The Morgan fingerprint density at radius 2 is 0.803 bits per heavy atom. The molecular weight excluding hydrogens is 1890 g/mol. The highest BCUT2D eigenvalue weighted by atomic mass is 79.9. The first-order valence-corrected chi connectivity index (χ1v) is 53.0. The maximum absolute atomic E-state index is 12.9. The van der Waals surface area contributed by atoms with E-state index in [4.69, 9.17) is 18.9 Å². The van der Waals surface area contributed by atoms with Crippen LogP contribution < -0.4 is 16.0 Å². The van der Waals surface area contributed by atoms with Crippen LogP contribution >= 0.6 is 43.6 Å². The fraction of sp³-hybridized carbons (Fsp3) is 0.577. The molecule has 122 heavy (non-hydrogen) atoms. The first kappa shape index (κ1) is 97.9. The number of hydrogen-bond acceptors (Lipinski definition) is 25. The van der Waals surface area contributed by atoms with Crippen LogP contribution in [0.3, 0.4) is 0 Å². The summed E-state index contributed by atoms with van der Waals surface area (Å²) in [5, 5.41) is 9.54. The molecule has 0 unspecified atom stereocenters. The molecular formula is C78H105Br2F3N10O21S8. The predicted molar refractivity (Wildman–Crippen MR) is 458 cm³/mol. The number of Topliss-reactive ketones (excluding diaryl/α,β-unsaturated/α-hetero) is 3. The molecule has 10 aliphatic rings. The monoisotopic (exact) mass is 1990 g/mol. The van der Waals surface area contributed by atoms with Crippen molar-refractivity contribution >= 4 is 131 Å². The largest absolute Gasteiger partial charge is 0.416 e. The molecule has 0 bridgehead atoms. The number of ketones is 3. The molecule has 676 valence electrons. The number of nitrogens with zero attached hydrogens (tertiary/aromatic N) is 7. The molecule has 0 amide bonds. The fourth-order valence-corrected chi connectivity index (χ4v) is 29.5. The molecule has 15 rings (SSSR count). The Balaban J connectivity index is 0.000000149. The Morgan fingerprint density at radius 3 is 1.14 bits per heavy atom. The number of aryl methyl sites for hydroxylation is 1. The number of rotatable bonds is 17. The maximum atomic E-state index is 12.9. The summed E-state index contributed by atoms with van der Waals surface area (Å²) >= 11 is 8.23. The molecule has 0 aromatic heterocycles. The van der Waals surface area contributed by atoms with Gasteiger partial charge in [0.15, 0.2) is 17.3 Å². The number of alkyl halides is 3. The zero-order valence-electron chi connectivity index (χ0n) is 68.7. The first-order chi connectivity index (χ1) is 57.1. The molecule has 5 aromatic carbocycles. The van der Waals surface area contributed by atoms with Crippen molar-refractivity contribution in [3.63, 3.8) is 0 Å². The molecule has 10 aliphatic heterocycles. The highest BCUT2D eigenvalue weighted by molar-refractivity contribution is 9.10. The number of piperidine rings is 5. The molecule has 10 heterocycles. The van der Waals surface area contributed by atoms with Crippen LogP contribution in [0.1, 0.15) is 148 Å². The molecule has 0 aliphatic carbocycles. The van der Waals surface area contributed by atoms with Crippen LogP contribution in [0.2, 0.25) is 0 Å². The molecule has 10 saturated heterocycles. The lowest BCUT2D eigenvalue weighted by molar-refractivity contribution is -0.137. The number of nitrogens with one attached hydrogen (secondary N) is 3. The quantitative estimate of drug-likeness (QED) is 0.0733. The highest BCUT2D eigenvalue weighted by Crippen LogP contribution is 2.43. The van der Waals surface area contributed by atoms with E-state index in [2.05, 4.69) is 47.8 Å². The SMILES string of the molecule is CC(=O)c1ccc(S(=O)(=O)N2CCC3(CC2)NCCS3)cc1.CC(=O)c1ccc(S(=O)(=O)N2CCC3(CC2)OCCN3S(=O)(=O)C(C)C)cc1.CCS(=O)(=O)N1CCOC12CCN(S(=O)(=O)c1ccc(C(C)=O)cc1)CC2.Cc1cc(Br)ccc1S(=O)(=O)N1CCC2(CC1)NCCO2.O=S(=O)(c1ccc(C(F)(F)F)cc1Br)N1CCC2(CC1)NCCO2. The third-order valence-corrected chi connectivity index (χ3v) is 40.5. The van der Waals surface area contributed by atoms with E-state index in [1.165, 1.54) is 103 Å². The summed E-state index contributed by atoms with van der Waals surface area (Å²) in [5.41, 5.74) is -1.38. The topological polar surface area (TPSA) is 386 Å². The number of halogens is 5. The number of carbonyl (C=O) groups is 3. The van der Waals surface area contributed by atoms with Gasteiger partial charge in [0.05, 0.1) is 72.3 Å². The van der Waals surface area contributed by atoms with E-state index in [0.29, 0.717) is 113 Å². The molecule has 31 nitrogen and oxygen atoms in total. The van der Waals surface area contributed by atoms with Crippen molar-refractivity contribution in [2.45, 2.75) is 176 Å². The Hall–Kier alpha value is -4.70. The van der Waals surface area contributed by atoms with E-state index >= 15 is 0 Å². The van der Waals surface area contributed by atoms with Crippen LogP contribution in [0.4, 0.5) is 13.2 Å². The minimum absolute atomic E-state index is 0.0113. The molecule has 44 heteroatoms. The fourth-order valence-electron chi connectivity index (χ4n) is 16.3. The zero-order valence-corrected chi connectivity index (χ0v) is 78.5. The van der Waals surface area contributed by atoms with Crippen LogP contribution in [0.5, 0.6) is 0 Å². The minimum Gasteiger partial charge on any atom is -0.359 e. The molecule has 3 N–H and O–H groups in total. The van der Waals surface area contributed by atoms with Crippen molar-refractivity contribution in [2.75, 3.05) is 136 Å². The van der Waals surface area contributed by atoms with Crippen LogP contribution in [0.25, 0.3) is 0 Å². The van der Waals surface area contributed by atoms with E-state index in [0.717, 1.165) is 66.5 Å². The minimum atomic E-state index is -4.52. The van der Waals surface area contributed by atoms with Gasteiger partial charge in [-0.1, -0.05) is 52.3 Å². The second kappa shape index (κ2) is 38.9. The number of thioether (sulfide) groups is 1. The van der Waals surface area contributed by atoms with Gasteiger partial charge >= 0.3 is 6.18 Å². The third kappa shape index (κ3) is 21.7. The van der Waals surface area contributed by atoms with Gasteiger partial charge in [-0.05, 0) is 156 Å². The second-order valence-electron chi connectivity index (χ2n) is 31.4. The Bertz CT molecular complexity index is 5440. The van der Waals surface area contributed by atoms with Crippen LogP contribution in [0.15, 0.2) is 143 Å². The average molecular weight is 1990 g/mol. The van der Waals surface area contributed by atoms with E-state index in [9.17, 15) is 86.5 Å². The van der Waals surface area contributed by atoms with Crippen molar-refractivity contribution in [2.24, 2.45) is 0 Å². The van der Waals surface area contributed by atoms with Gasteiger partial charge in [-0.3, -0.25) is 25.0 Å². The summed E-state index contributed by atoms with van der Waals surface area (Å²) in [6, 6.07) is 25.8. The lowest BCUT2D eigenvalue weighted by atomic mass is 10.0. The van der Waals surface area contributed by atoms with Crippen molar-refractivity contribution in [3.8, 4) is 0 Å². The Labute approximate surface area is 735 Å². The van der Waals surface area contributed by atoms with Gasteiger partial charge in [0.25, 0.3) is 0 Å². The Kier molecular flexibility index (Phi) is 31.2. The van der Waals surface area contributed by atoms with E-state index in [1.54, 1.807) is 53.6 Å². The van der Waals surface area contributed by atoms with Gasteiger partial charge < -0.3 is 24.3 Å². The number of hydrogen-bond donors (Lipinski definition) is 3. The zero-order chi connectivity index (χ0) is 89.1. The third-order valence-electron chi connectivity index (χ3n) is 23.6. The standard InChI is InChI=1S/C18H26N2O6S2.C17H24N2O6S2.C15H20N2O3S2.C14H16BrF3N2O3S.C14H19BrN2O3S/c1-14(2)27(22,23)20-12-13-26-18(20)8-10-19(11-9-18)28(24,25)17-6-4-16(5-7-17)15(3)21;1-3-26(21,22)19-12-13-25-17(19)8-10-18(11-9-17)27(23,24)16-6-4-15(5-7-16)14(2)20;1-12(18)13-2-4-14(5-3-13)22(19,20)17-9-6-15(7-10-17)16-8-11-21-15;15-11-9-10(14(16,17)18)1-2-12(11)24(21,22)20-6-3-13(4-7-20)19-5-8-23-13;1-11-10-12(15)2-3-13(11)21(18,19)17-7-4-14(5-8-17)16-6-9-20-14/h4-7,14H,8-13H2,1-3H3;4-7H,3,8-13H2,1-2H3;2-5,16H,6-11H2,1H3;1-2,9,19H,3-8H2;2-3,10,16H,4-9H2,1H3. The summed E-state index contributed by atoms with van der Waals surface area (Å²) in [7, 11) is -25.1. The normalized spacial score (nSPS) is 21.9. The van der Waals surface area contributed by atoms with Crippen LogP contribution in [-0.4, -0.2) is 276 Å². The highest BCUT2D eigenvalue weighted by Gasteiger charge is 2.54. The van der Waals surface area contributed by atoms with Crippen molar-refractivity contribution in [3.05, 3.63) is 146 Å². The van der Waals surface area contributed by atoms with Gasteiger partial charge in [0, 0.05) is 181 Å². The van der Waals surface area contributed by atoms with Gasteiger partial charge in [-0.25, -0.2) is 58.9 Å². The maximum Gasteiger partial charge on any atom is 0.416 e. The Morgan fingerprint density at radius 1 is 0.443 bits per heavy atom. The summed E-state index contributed by atoms with van der Waals surface area (Å²) in [4.78, 5) is 34.8. The molecule has 5 spiro atoms. The summed E-state index contributed by atoms with van der Waals surface area (Å²) < 4.78 is 250. The van der Waals surface area contributed by atoms with Gasteiger partial charge in [0.1, 0.15) is 22.9 Å². The van der Waals surface area contributed by atoms with Crippen molar-refractivity contribution < 1.29 is 105 Å². The predicted octanol–water partition coefficient (Wildman–Crippen LogP) is 8.63. The van der Waals surface area contributed by atoms with E-state index < -0.39 is 104 Å². The van der Waals surface area contributed by atoms with Crippen LogP contribution in [0, 0.1) is 6.92 Å². The number of benzene rings is 5. The summed E-state index contributed by atoms with van der Waals surface area (Å²) in [6.45, 7) is 19.3. The molecule has 5 aromatic rings. The first-order valence-electron chi connectivity index (χ1n) is 40.1. The van der Waals surface area contributed by atoms with E-state index in [1.807, 2.05) is 24.8 Å². The number of ether oxygens (including phenoxy) is 4. The van der Waals surface area contributed by atoms with Crippen molar-refractivity contribution in [1.29, 1.82) is 0 Å². The lowest BCUT2D eigenvalue weighted by Crippen LogP contribution is -2.56. The molecule has 0 saturated carbocycles. The number of carbonyl (C=O) groups excluding carboxylic acids is 3. The average Bonchev–Trinajstić information content (AvgIpc) is 1.55. The summed E-state index contributed by atoms with van der Waals surface area (Å²) in [5.74, 6) is 0.762. The summed E-state index contributed by atoms with van der Waals surface area (Å²) in [6.07, 6.45) is 0.693. The lowest BCUT2D eigenvalue weighted by Gasteiger charge is -2.42. The van der Waals surface area contributed by atoms with E-state index in [-0.39, 0.29) is 123 Å². The van der Waals surface area contributed by atoms with Crippen LogP contribution in [-0.2, 0) is 95.3 Å². The van der Waals surface area contributed by atoms with Gasteiger partial charge in [-0.15, -0.1) is 11.8 Å². The second-order valence-corrected chi connectivity index (χ2v) is 48.8. The molecule has 10 fully saturated rings. The molecule has 0 atom stereocenters. The van der Waals surface area contributed by atoms with Crippen molar-refractivity contribution in [1.82, 2.24) is 46.1 Å².